The Bertz CT molecular complexity index is 214. The molecule has 0 aliphatic carbocycles. The minimum absolute atomic E-state index is 0.368. The maximum atomic E-state index is 3.94. The topological polar surface area (TPSA) is 40.7 Å². The van der Waals surface area contributed by atoms with Crippen molar-refractivity contribution in [3.8, 4) is 0 Å². The van der Waals surface area contributed by atoms with E-state index < -0.39 is 0 Å². The molecule has 3 nitrogen and oxygen atoms in total. The number of hydrogen-bond acceptors (Lipinski definition) is 2. The van der Waals surface area contributed by atoms with Crippen LogP contribution in [0.2, 0.25) is 0 Å². The second kappa shape index (κ2) is 5.02. The Labute approximate surface area is 79.9 Å². The third-order valence-electron chi connectivity index (χ3n) is 2.46. The maximum absolute atomic E-state index is 3.94. The van der Waals surface area contributed by atoms with Gasteiger partial charge in [0.1, 0.15) is 0 Å². The fourth-order valence-electron chi connectivity index (χ4n) is 1.48. The van der Waals surface area contributed by atoms with Crippen LogP contribution >= 0.6 is 0 Å². The summed E-state index contributed by atoms with van der Waals surface area (Å²) in [6, 6.07) is 2.99. The summed E-state index contributed by atoms with van der Waals surface area (Å²) in [7, 11) is 0. The third kappa shape index (κ3) is 2.84. The summed E-state index contributed by atoms with van der Waals surface area (Å²) in [5.41, 5.74) is 1.16. The third-order valence-corrected chi connectivity index (χ3v) is 2.46. The van der Waals surface area contributed by atoms with Crippen LogP contribution in [0.15, 0.2) is 12.3 Å². The minimum Gasteiger partial charge on any atom is -0.306 e. The predicted molar refractivity (Wildman–Crippen MR) is 54.5 cm³/mol. The second-order valence-electron chi connectivity index (χ2n) is 3.41. The zero-order valence-electron chi connectivity index (χ0n) is 8.67. The van der Waals surface area contributed by atoms with Gasteiger partial charge in [-0.1, -0.05) is 13.8 Å². The van der Waals surface area contributed by atoms with Crippen LogP contribution in [0.25, 0.3) is 0 Å². The van der Waals surface area contributed by atoms with E-state index >= 15 is 0 Å². The van der Waals surface area contributed by atoms with Gasteiger partial charge >= 0.3 is 0 Å². The van der Waals surface area contributed by atoms with Crippen molar-refractivity contribution in [3.63, 3.8) is 0 Å². The lowest BCUT2D eigenvalue weighted by Crippen LogP contribution is -2.30. The van der Waals surface area contributed by atoms with Crippen LogP contribution < -0.4 is 5.32 Å². The predicted octanol–water partition coefficient (Wildman–Crippen LogP) is 2.25. The molecular formula is C10H19N3. The van der Waals surface area contributed by atoms with Crippen molar-refractivity contribution in [3.05, 3.63) is 18.0 Å². The molecule has 0 fully saturated rings. The van der Waals surface area contributed by atoms with Gasteiger partial charge in [-0.2, -0.15) is 5.10 Å². The Morgan fingerprint density at radius 1 is 1.46 bits per heavy atom. The van der Waals surface area contributed by atoms with Crippen molar-refractivity contribution in [2.24, 2.45) is 0 Å². The Morgan fingerprint density at radius 3 is 2.62 bits per heavy atom. The molecule has 0 saturated carbocycles. The average Bonchev–Trinajstić information content (AvgIpc) is 2.66. The van der Waals surface area contributed by atoms with Gasteiger partial charge in [-0.25, -0.2) is 0 Å². The highest BCUT2D eigenvalue weighted by Gasteiger charge is 2.10. The molecule has 2 N–H and O–H groups in total. The molecule has 0 aromatic carbocycles. The number of rotatable bonds is 5. The standard InChI is InChI=1S/C10H19N3/c1-4-9(5-2)12-8(3)10-6-7-11-13-10/h6-9,12H,4-5H2,1-3H3,(H,11,13). The summed E-state index contributed by atoms with van der Waals surface area (Å²) in [5.74, 6) is 0. The summed E-state index contributed by atoms with van der Waals surface area (Å²) in [6.07, 6.45) is 4.14. The van der Waals surface area contributed by atoms with E-state index in [-0.39, 0.29) is 0 Å². The van der Waals surface area contributed by atoms with E-state index in [0.29, 0.717) is 12.1 Å². The van der Waals surface area contributed by atoms with Crippen LogP contribution in [-0.4, -0.2) is 16.2 Å². The monoisotopic (exact) mass is 181 g/mol. The summed E-state index contributed by atoms with van der Waals surface area (Å²) in [6.45, 7) is 6.58. The van der Waals surface area contributed by atoms with E-state index in [2.05, 4.69) is 36.3 Å². The van der Waals surface area contributed by atoms with Crippen LogP contribution in [0.1, 0.15) is 45.3 Å². The molecule has 0 saturated heterocycles. The molecule has 74 valence electrons. The zero-order chi connectivity index (χ0) is 9.68. The van der Waals surface area contributed by atoms with E-state index in [0.717, 1.165) is 5.69 Å². The maximum Gasteiger partial charge on any atom is 0.0518 e. The van der Waals surface area contributed by atoms with Gasteiger partial charge in [0.25, 0.3) is 0 Å². The fraction of sp³-hybridized carbons (Fsp3) is 0.700. The van der Waals surface area contributed by atoms with Gasteiger partial charge in [0.05, 0.1) is 5.69 Å². The van der Waals surface area contributed by atoms with Crippen LogP contribution in [-0.2, 0) is 0 Å². The van der Waals surface area contributed by atoms with Gasteiger partial charge in [-0.3, -0.25) is 5.10 Å². The van der Waals surface area contributed by atoms with Gasteiger partial charge in [0.15, 0.2) is 0 Å². The molecule has 3 heteroatoms. The zero-order valence-corrected chi connectivity index (χ0v) is 8.67. The van der Waals surface area contributed by atoms with Gasteiger partial charge in [-0.15, -0.1) is 0 Å². The number of nitrogens with zero attached hydrogens (tertiary/aromatic N) is 1. The first-order valence-corrected chi connectivity index (χ1v) is 5.03. The van der Waals surface area contributed by atoms with Crippen LogP contribution in [0, 0.1) is 0 Å². The highest BCUT2D eigenvalue weighted by molar-refractivity contribution is 5.03. The normalized spacial score (nSPS) is 13.5. The van der Waals surface area contributed by atoms with Crippen LogP contribution in [0.5, 0.6) is 0 Å². The Balaban J connectivity index is 2.45. The van der Waals surface area contributed by atoms with Crippen LogP contribution in [0.4, 0.5) is 0 Å². The van der Waals surface area contributed by atoms with Crippen molar-refractivity contribution in [1.29, 1.82) is 0 Å². The molecule has 1 aromatic heterocycles. The first kappa shape index (κ1) is 10.3. The summed E-state index contributed by atoms with van der Waals surface area (Å²) in [5, 5.41) is 10.5. The lowest BCUT2D eigenvalue weighted by Gasteiger charge is -2.19. The van der Waals surface area contributed by atoms with Gasteiger partial charge in [0.2, 0.25) is 0 Å². The van der Waals surface area contributed by atoms with Crippen molar-refractivity contribution >= 4 is 0 Å². The Morgan fingerprint density at radius 2 is 2.15 bits per heavy atom. The van der Waals surface area contributed by atoms with E-state index in [9.17, 15) is 0 Å². The molecule has 1 unspecified atom stereocenters. The highest BCUT2D eigenvalue weighted by Crippen LogP contribution is 2.10. The van der Waals surface area contributed by atoms with Crippen molar-refractivity contribution < 1.29 is 0 Å². The van der Waals surface area contributed by atoms with E-state index in [1.54, 1.807) is 6.20 Å². The van der Waals surface area contributed by atoms with E-state index in [1.807, 2.05) is 6.07 Å². The molecule has 0 aliphatic rings. The van der Waals surface area contributed by atoms with Crippen molar-refractivity contribution in [2.45, 2.75) is 45.7 Å². The van der Waals surface area contributed by atoms with Crippen molar-refractivity contribution in [2.75, 3.05) is 0 Å². The highest BCUT2D eigenvalue weighted by atomic mass is 15.1. The Kier molecular flexibility index (Phi) is 3.96. The summed E-state index contributed by atoms with van der Waals surface area (Å²) in [4.78, 5) is 0. The molecule has 0 amide bonds. The molecule has 1 aromatic rings. The lowest BCUT2D eigenvalue weighted by molar-refractivity contribution is 0.427. The fourth-order valence-corrected chi connectivity index (χ4v) is 1.48. The van der Waals surface area contributed by atoms with Crippen LogP contribution in [0.3, 0.4) is 0 Å². The first-order valence-electron chi connectivity index (χ1n) is 5.03. The SMILES string of the molecule is CCC(CC)NC(C)c1ccn[nH]1. The quantitative estimate of drug-likeness (QED) is 0.731. The molecule has 1 atom stereocenters. The van der Waals surface area contributed by atoms with Gasteiger partial charge in [-0.05, 0) is 25.8 Å². The summed E-state index contributed by atoms with van der Waals surface area (Å²) < 4.78 is 0. The average molecular weight is 181 g/mol. The summed E-state index contributed by atoms with van der Waals surface area (Å²) >= 11 is 0. The Hall–Kier alpha value is -0.830. The number of nitrogens with one attached hydrogen (secondary N) is 2. The number of aromatic nitrogens is 2. The molecule has 0 spiro atoms. The largest absolute Gasteiger partial charge is 0.306 e. The second-order valence-corrected chi connectivity index (χ2v) is 3.41. The van der Waals surface area contributed by atoms with E-state index in [1.165, 1.54) is 12.8 Å². The minimum atomic E-state index is 0.368. The molecule has 13 heavy (non-hydrogen) atoms. The molecule has 0 aliphatic heterocycles. The lowest BCUT2D eigenvalue weighted by atomic mass is 10.1. The number of H-pyrrole nitrogens is 1. The molecule has 1 rings (SSSR count). The number of hydrogen-bond donors (Lipinski definition) is 2. The molecule has 0 radical (unpaired) electrons. The van der Waals surface area contributed by atoms with Gasteiger partial charge < -0.3 is 5.32 Å². The smallest absolute Gasteiger partial charge is 0.0518 e. The van der Waals surface area contributed by atoms with E-state index in [4.69, 9.17) is 0 Å². The first-order chi connectivity index (χ1) is 6.27. The molecular weight excluding hydrogens is 162 g/mol. The molecule has 1 heterocycles. The van der Waals surface area contributed by atoms with Gasteiger partial charge in [0, 0.05) is 18.3 Å². The number of aromatic amines is 1. The molecule has 0 bridgehead atoms. The van der Waals surface area contributed by atoms with Crippen molar-refractivity contribution in [1.82, 2.24) is 15.5 Å².